The first-order chi connectivity index (χ1) is 16.4. The first kappa shape index (κ1) is 25.3. The van der Waals surface area contributed by atoms with Gasteiger partial charge in [0.25, 0.3) is 11.8 Å². The Hall–Kier alpha value is -4.28. The third-order valence-electron chi connectivity index (χ3n) is 4.44. The molecule has 2 amide bonds. The summed E-state index contributed by atoms with van der Waals surface area (Å²) in [6, 6.07) is 16.1. The van der Waals surface area contributed by atoms with Crippen molar-refractivity contribution in [2.24, 2.45) is 0 Å². The molecule has 0 aliphatic carbocycles. The molecular formula is C24H16F6N2O3. The highest BCUT2D eigenvalue weighted by Crippen LogP contribution is 2.33. The number of halogens is 6. The highest BCUT2D eigenvalue weighted by atomic mass is 19.4. The second-order valence-electron chi connectivity index (χ2n) is 6.99. The van der Waals surface area contributed by atoms with Gasteiger partial charge in [-0.15, -0.1) is 13.2 Å². The van der Waals surface area contributed by atoms with E-state index in [4.69, 9.17) is 0 Å². The molecule has 0 atom stereocenters. The monoisotopic (exact) mass is 494 g/mol. The molecule has 11 heteroatoms. The van der Waals surface area contributed by atoms with E-state index in [0.717, 1.165) is 42.5 Å². The Bertz CT molecular complexity index is 1220. The number of ether oxygens (including phenoxy) is 1. The van der Waals surface area contributed by atoms with E-state index in [9.17, 15) is 35.9 Å². The van der Waals surface area contributed by atoms with Crippen LogP contribution in [-0.2, 0) is 11.0 Å². The molecule has 0 saturated heterocycles. The van der Waals surface area contributed by atoms with Crippen LogP contribution in [0.15, 0.2) is 84.6 Å². The SMILES string of the molecule is O=C(Nc1ccc(OC(F)(F)F)cc1)C(=Cc1ccccc1C(F)(F)F)NC(=O)c1ccccc1. The highest BCUT2D eigenvalue weighted by Gasteiger charge is 2.33. The molecule has 0 aromatic heterocycles. The van der Waals surface area contributed by atoms with E-state index in [1.165, 1.54) is 24.3 Å². The van der Waals surface area contributed by atoms with Crippen molar-refractivity contribution in [3.8, 4) is 5.75 Å². The molecule has 5 nitrogen and oxygen atoms in total. The lowest BCUT2D eigenvalue weighted by molar-refractivity contribution is -0.274. The average Bonchev–Trinajstić information content (AvgIpc) is 2.79. The van der Waals surface area contributed by atoms with E-state index in [2.05, 4.69) is 15.4 Å². The number of nitrogens with one attached hydrogen (secondary N) is 2. The van der Waals surface area contributed by atoms with Crippen LogP contribution >= 0.6 is 0 Å². The van der Waals surface area contributed by atoms with Gasteiger partial charge in [0.1, 0.15) is 11.4 Å². The Morgan fingerprint density at radius 3 is 1.97 bits per heavy atom. The summed E-state index contributed by atoms with van der Waals surface area (Å²) in [6.45, 7) is 0. The zero-order valence-electron chi connectivity index (χ0n) is 17.6. The van der Waals surface area contributed by atoms with Crippen molar-refractivity contribution in [1.29, 1.82) is 0 Å². The second kappa shape index (κ2) is 10.3. The number of alkyl halides is 6. The molecule has 2 N–H and O–H groups in total. The lowest BCUT2D eigenvalue weighted by Gasteiger charge is -2.14. The molecule has 182 valence electrons. The Balaban J connectivity index is 1.92. The molecule has 0 spiro atoms. The Morgan fingerprint density at radius 2 is 1.37 bits per heavy atom. The summed E-state index contributed by atoms with van der Waals surface area (Å²) in [4.78, 5) is 25.5. The smallest absolute Gasteiger partial charge is 0.406 e. The van der Waals surface area contributed by atoms with Gasteiger partial charge < -0.3 is 15.4 Å². The molecule has 3 aromatic rings. The maximum absolute atomic E-state index is 13.4. The number of carbonyl (C=O) groups excluding carboxylic acids is 2. The third-order valence-corrected chi connectivity index (χ3v) is 4.44. The molecule has 3 rings (SSSR count). The van der Waals surface area contributed by atoms with Gasteiger partial charge in [-0.3, -0.25) is 9.59 Å². The van der Waals surface area contributed by atoms with Crippen molar-refractivity contribution in [3.63, 3.8) is 0 Å². The number of carbonyl (C=O) groups is 2. The molecular weight excluding hydrogens is 478 g/mol. The Kier molecular flexibility index (Phi) is 7.48. The standard InChI is InChI=1S/C24H16F6N2O3/c25-23(26,27)19-9-5-4-8-16(19)14-20(32-21(33)15-6-2-1-3-7-15)22(34)31-17-10-12-18(13-11-17)35-24(28,29)30/h1-14H,(H,31,34)(H,32,33). The quantitative estimate of drug-likeness (QED) is 0.326. The maximum Gasteiger partial charge on any atom is 0.573 e. The second-order valence-corrected chi connectivity index (χ2v) is 6.99. The summed E-state index contributed by atoms with van der Waals surface area (Å²) in [6.07, 6.45) is -8.78. The lowest BCUT2D eigenvalue weighted by Crippen LogP contribution is -2.30. The number of amides is 2. The van der Waals surface area contributed by atoms with Crippen molar-refractivity contribution in [2.45, 2.75) is 12.5 Å². The number of rotatable bonds is 6. The number of benzene rings is 3. The molecule has 0 fully saturated rings. The zero-order valence-corrected chi connectivity index (χ0v) is 17.6. The minimum atomic E-state index is -4.91. The van der Waals surface area contributed by atoms with Crippen LogP contribution in [0.4, 0.5) is 32.0 Å². The summed E-state index contributed by atoms with van der Waals surface area (Å²) < 4.78 is 81.0. The van der Waals surface area contributed by atoms with Gasteiger partial charge in [0.2, 0.25) is 0 Å². The van der Waals surface area contributed by atoms with Crippen molar-refractivity contribution >= 4 is 23.6 Å². The molecule has 3 aromatic carbocycles. The van der Waals surface area contributed by atoms with E-state index in [0.29, 0.717) is 0 Å². The van der Waals surface area contributed by atoms with Gasteiger partial charge in [0, 0.05) is 11.3 Å². The molecule has 0 aliphatic heterocycles. The van der Waals surface area contributed by atoms with Crippen molar-refractivity contribution in [1.82, 2.24) is 5.32 Å². The van der Waals surface area contributed by atoms with E-state index >= 15 is 0 Å². The largest absolute Gasteiger partial charge is 0.573 e. The van der Waals surface area contributed by atoms with Gasteiger partial charge in [-0.25, -0.2) is 0 Å². The maximum atomic E-state index is 13.4. The van der Waals surface area contributed by atoms with Gasteiger partial charge >= 0.3 is 12.5 Å². The van der Waals surface area contributed by atoms with Crippen molar-refractivity contribution in [2.75, 3.05) is 5.32 Å². The summed E-state index contributed by atoms with van der Waals surface area (Å²) in [5, 5.41) is 4.62. The number of anilines is 1. The minimum absolute atomic E-state index is 0.00786. The van der Waals surface area contributed by atoms with Gasteiger partial charge in [0.15, 0.2) is 0 Å². The highest BCUT2D eigenvalue weighted by molar-refractivity contribution is 6.10. The predicted octanol–water partition coefficient (Wildman–Crippen LogP) is 6.01. The van der Waals surface area contributed by atoms with Crippen LogP contribution in [0.5, 0.6) is 5.75 Å². The van der Waals surface area contributed by atoms with Crippen molar-refractivity contribution < 1.29 is 40.7 Å². The molecule has 0 radical (unpaired) electrons. The molecule has 0 heterocycles. The van der Waals surface area contributed by atoms with Crippen LogP contribution < -0.4 is 15.4 Å². The van der Waals surface area contributed by atoms with Gasteiger partial charge in [-0.2, -0.15) is 13.2 Å². The molecule has 0 saturated carbocycles. The summed E-state index contributed by atoms with van der Waals surface area (Å²) in [7, 11) is 0. The minimum Gasteiger partial charge on any atom is -0.406 e. The van der Waals surface area contributed by atoms with Crippen LogP contribution in [0.3, 0.4) is 0 Å². The van der Waals surface area contributed by atoms with Crippen LogP contribution in [0.1, 0.15) is 21.5 Å². The number of hydrogen-bond donors (Lipinski definition) is 2. The first-order valence-electron chi connectivity index (χ1n) is 9.84. The van der Waals surface area contributed by atoms with Crippen LogP contribution in [-0.4, -0.2) is 18.2 Å². The molecule has 35 heavy (non-hydrogen) atoms. The summed E-state index contributed by atoms with van der Waals surface area (Å²) in [5.41, 5.74) is -1.79. The fraction of sp³-hybridized carbons (Fsp3) is 0.0833. The van der Waals surface area contributed by atoms with Gasteiger partial charge in [0.05, 0.1) is 5.56 Å². The summed E-state index contributed by atoms with van der Waals surface area (Å²) >= 11 is 0. The fourth-order valence-corrected chi connectivity index (χ4v) is 2.92. The third kappa shape index (κ3) is 7.36. The Morgan fingerprint density at radius 1 is 0.771 bits per heavy atom. The first-order valence-corrected chi connectivity index (χ1v) is 9.84. The van der Waals surface area contributed by atoms with E-state index in [1.54, 1.807) is 18.2 Å². The Labute approximate surface area is 195 Å². The molecule has 0 aliphatic rings. The average molecular weight is 494 g/mol. The normalized spacial score (nSPS) is 12.1. The van der Waals surface area contributed by atoms with E-state index < -0.39 is 41.4 Å². The predicted molar refractivity (Wildman–Crippen MR) is 115 cm³/mol. The summed E-state index contributed by atoms with van der Waals surface area (Å²) in [5.74, 6) is -2.30. The van der Waals surface area contributed by atoms with Crippen LogP contribution in [0, 0.1) is 0 Å². The molecule has 0 bridgehead atoms. The molecule has 0 unspecified atom stereocenters. The lowest BCUT2D eigenvalue weighted by atomic mass is 10.1. The van der Waals surface area contributed by atoms with E-state index in [1.807, 2.05) is 0 Å². The van der Waals surface area contributed by atoms with Gasteiger partial charge in [-0.1, -0.05) is 36.4 Å². The zero-order chi connectivity index (χ0) is 25.6. The van der Waals surface area contributed by atoms with E-state index in [-0.39, 0.29) is 16.8 Å². The van der Waals surface area contributed by atoms with Gasteiger partial charge in [-0.05, 0) is 54.1 Å². The fourth-order valence-electron chi connectivity index (χ4n) is 2.92. The van der Waals surface area contributed by atoms with Crippen LogP contribution in [0.2, 0.25) is 0 Å². The van der Waals surface area contributed by atoms with Crippen molar-refractivity contribution in [3.05, 3.63) is 101 Å². The van der Waals surface area contributed by atoms with Crippen LogP contribution in [0.25, 0.3) is 6.08 Å². The number of hydrogen-bond acceptors (Lipinski definition) is 3. The topological polar surface area (TPSA) is 67.4 Å².